The Balaban J connectivity index is 1.34. The smallest absolute Gasteiger partial charge is 0.165 e. The minimum absolute atomic E-state index is 0.310. The van der Waals surface area contributed by atoms with Gasteiger partial charge in [0.1, 0.15) is 18.1 Å². The van der Waals surface area contributed by atoms with Gasteiger partial charge in [0.2, 0.25) is 0 Å². The quantitative estimate of drug-likeness (QED) is 0.280. The van der Waals surface area contributed by atoms with Crippen LogP contribution in [0.25, 0.3) is 0 Å². The molecule has 0 spiro atoms. The zero-order valence-electron chi connectivity index (χ0n) is 24.9. The predicted octanol–water partition coefficient (Wildman–Crippen LogP) is 6.79. The summed E-state index contributed by atoms with van der Waals surface area (Å²) < 4.78 is 32.1. The van der Waals surface area contributed by atoms with Crippen LogP contribution in [0.4, 0.5) is 4.39 Å². The molecular formula is C35H45FN2O3. The van der Waals surface area contributed by atoms with Gasteiger partial charge in [-0.3, -0.25) is 4.90 Å². The first kappa shape index (κ1) is 29.4. The van der Waals surface area contributed by atoms with Crippen LogP contribution in [0.5, 0.6) is 17.2 Å². The first-order valence-corrected chi connectivity index (χ1v) is 15.2. The number of hydrogen-bond donors (Lipinski definition) is 1. The van der Waals surface area contributed by atoms with E-state index in [0.717, 1.165) is 61.5 Å². The van der Waals surface area contributed by atoms with E-state index in [4.69, 9.17) is 19.9 Å². The minimum Gasteiger partial charge on any atom is -0.497 e. The lowest BCUT2D eigenvalue weighted by Crippen LogP contribution is -2.40. The number of benzene rings is 3. The largest absolute Gasteiger partial charge is 0.497 e. The molecule has 41 heavy (non-hydrogen) atoms. The van der Waals surface area contributed by atoms with Crippen molar-refractivity contribution in [3.05, 3.63) is 88.2 Å². The molecule has 0 radical (unpaired) electrons. The van der Waals surface area contributed by atoms with Gasteiger partial charge < -0.3 is 19.9 Å². The van der Waals surface area contributed by atoms with Gasteiger partial charge in [-0.05, 0) is 128 Å². The zero-order chi connectivity index (χ0) is 28.8. The lowest BCUT2D eigenvalue weighted by atomic mass is 9.73. The summed E-state index contributed by atoms with van der Waals surface area (Å²) in [6.07, 6.45) is 8.00. The average molecular weight is 561 g/mol. The van der Waals surface area contributed by atoms with Crippen LogP contribution in [0.2, 0.25) is 0 Å². The molecule has 1 aliphatic heterocycles. The van der Waals surface area contributed by atoms with Crippen molar-refractivity contribution in [1.82, 2.24) is 4.90 Å². The van der Waals surface area contributed by atoms with Crippen molar-refractivity contribution in [3.63, 3.8) is 0 Å². The van der Waals surface area contributed by atoms with Crippen molar-refractivity contribution in [2.24, 2.45) is 5.73 Å². The Labute approximate surface area is 244 Å². The average Bonchev–Trinajstić information content (AvgIpc) is 3.01. The van der Waals surface area contributed by atoms with Gasteiger partial charge in [-0.1, -0.05) is 31.5 Å². The Morgan fingerprint density at radius 2 is 1.68 bits per heavy atom. The SMILES string of the molecule is CCC(N)(Cc1ccc(OCCN2CCCCC2)c(F)c1)c1cc(OC)ccc1C1CCc2cc(OC)ccc2C1. The lowest BCUT2D eigenvalue weighted by molar-refractivity contribution is 0.180. The summed E-state index contributed by atoms with van der Waals surface area (Å²) in [4.78, 5) is 2.40. The summed E-state index contributed by atoms with van der Waals surface area (Å²) in [5.41, 5.74) is 12.5. The number of piperidine rings is 1. The van der Waals surface area contributed by atoms with Crippen LogP contribution in [0.15, 0.2) is 54.6 Å². The molecule has 2 atom stereocenters. The van der Waals surface area contributed by atoms with Crippen LogP contribution >= 0.6 is 0 Å². The number of halogens is 1. The maximum absolute atomic E-state index is 15.2. The highest BCUT2D eigenvalue weighted by Crippen LogP contribution is 2.41. The van der Waals surface area contributed by atoms with Gasteiger partial charge >= 0.3 is 0 Å². The van der Waals surface area contributed by atoms with E-state index >= 15 is 4.39 Å². The Kier molecular flexibility index (Phi) is 9.51. The maximum Gasteiger partial charge on any atom is 0.165 e. The molecule has 2 N–H and O–H groups in total. The molecule has 0 aromatic heterocycles. The van der Waals surface area contributed by atoms with Crippen molar-refractivity contribution in [2.45, 2.75) is 69.7 Å². The van der Waals surface area contributed by atoms with E-state index < -0.39 is 5.54 Å². The normalized spacial score (nSPS) is 18.8. The van der Waals surface area contributed by atoms with Crippen LogP contribution in [0, 0.1) is 5.82 Å². The Morgan fingerprint density at radius 1 is 0.927 bits per heavy atom. The number of fused-ring (bicyclic) bond motifs is 1. The molecule has 220 valence electrons. The van der Waals surface area contributed by atoms with Crippen LogP contribution in [-0.2, 0) is 24.8 Å². The first-order valence-electron chi connectivity index (χ1n) is 15.2. The predicted molar refractivity (Wildman–Crippen MR) is 163 cm³/mol. The number of nitrogens with zero attached hydrogens (tertiary/aromatic N) is 1. The number of hydrogen-bond acceptors (Lipinski definition) is 5. The molecule has 0 bridgehead atoms. The van der Waals surface area contributed by atoms with Gasteiger partial charge in [0.15, 0.2) is 11.6 Å². The summed E-state index contributed by atoms with van der Waals surface area (Å²) >= 11 is 0. The van der Waals surface area contributed by atoms with Crippen molar-refractivity contribution >= 4 is 0 Å². The second-order valence-corrected chi connectivity index (χ2v) is 11.7. The molecular weight excluding hydrogens is 515 g/mol. The second kappa shape index (κ2) is 13.3. The monoisotopic (exact) mass is 560 g/mol. The van der Waals surface area contributed by atoms with Gasteiger partial charge in [-0.25, -0.2) is 4.39 Å². The Bertz CT molecular complexity index is 1320. The van der Waals surface area contributed by atoms with E-state index in [-0.39, 0.29) is 5.82 Å². The van der Waals surface area contributed by atoms with Gasteiger partial charge in [0.05, 0.1) is 14.2 Å². The van der Waals surface area contributed by atoms with Gasteiger partial charge in [0.25, 0.3) is 0 Å². The highest BCUT2D eigenvalue weighted by molar-refractivity contribution is 5.46. The molecule has 3 aromatic rings. The number of aryl methyl sites for hydroxylation is 1. The van der Waals surface area contributed by atoms with E-state index in [0.29, 0.717) is 31.1 Å². The number of rotatable bonds is 11. The number of methoxy groups -OCH3 is 2. The van der Waals surface area contributed by atoms with Crippen molar-refractivity contribution in [1.29, 1.82) is 0 Å². The van der Waals surface area contributed by atoms with Gasteiger partial charge in [-0.2, -0.15) is 0 Å². The topological polar surface area (TPSA) is 57.0 Å². The van der Waals surface area contributed by atoms with E-state index in [1.165, 1.54) is 36.0 Å². The summed E-state index contributed by atoms with van der Waals surface area (Å²) in [5.74, 6) is 2.02. The van der Waals surface area contributed by atoms with Crippen molar-refractivity contribution in [3.8, 4) is 17.2 Å². The minimum atomic E-state index is -0.673. The first-order chi connectivity index (χ1) is 19.9. The molecule has 1 saturated heterocycles. The third-order valence-electron chi connectivity index (χ3n) is 9.14. The molecule has 1 heterocycles. The zero-order valence-corrected chi connectivity index (χ0v) is 24.9. The molecule has 2 unspecified atom stereocenters. The molecule has 1 aliphatic carbocycles. The summed E-state index contributed by atoms with van der Waals surface area (Å²) in [6.45, 7) is 5.65. The second-order valence-electron chi connectivity index (χ2n) is 11.7. The van der Waals surface area contributed by atoms with Crippen molar-refractivity contribution < 1.29 is 18.6 Å². The van der Waals surface area contributed by atoms with Crippen molar-refractivity contribution in [2.75, 3.05) is 40.5 Å². The van der Waals surface area contributed by atoms with Crippen LogP contribution < -0.4 is 19.9 Å². The summed E-state index contributed by atoms with van der Waals surface area (Å²) in [7, 11) is 3.40. The van der Waals surface area contributed by atoms with E-state index in [1.54, 1.807) is 26.4 Å². The van der Waals surface area contributed by atoms with Gasteiger partial charge in [-0.15, -0.1) is 0 Å². The molecule has 0 saturated carbocycles. The fraction of sp³-hybridized carbons (Fsp3) is 0.486. The fourth-order valence-electron chi connectivity index (χ4n) is 6.59. The molecule has 5 rings (SSSR count). The summed E-state index contributed by atoms with van der Waals surface area (Å²) in [5, 5.41) is 0. The highest BCUT2D eigenvalue weighted by atomic mass is 19.1. The maximum atomic E-state index is 15.2. The fourth-order valence-corrected chi connectivity index (χ4v) is 6.59. The van der Waals surface area contributed by atoms with E-state index in [1.807, 2.05) is 18.2 Å². The van der Waals surface area contributed by atoms with E-state index in [9.17, 15) is 0 Å². The molecule has 1 fully saturated rings. The standard InChI is InChI=1S/C35H45FN2O3/c1-4-35(37,24-25-8-15-34(33(36)20-25)41-19-18-38-16-6-5-7-17-38)32-23-30(40-3)13-14-31(32)28-10-9-27-22-29(39-2)12-11-26(27)21-28/h8,11-15,20,22-23,28H,4-7,9-10,16-19,21,24,37H2,1-3H3. The molecule has 2 aliphatic rings. The third-order valence-corrected chi connectivity index (χ3v) is 9.14. The number of nitrogens with two attached hydrogens (primary N) is 1. The lowest BCUT2D eigenvalue weighted by Gasteiger charge is -2.35. The Morgan fingerprint density at radius 3 is 2.41 bits per heavy atom. The molecule has 0 amide bonds. The number of likely N-dealkylation sites (tertiary alicyclic amines) is 1. The van der Waals surface area contributed by atoms with Crippen LogP contribution in [-0.4, -0.2) is 45.4 Å². The van der Waals surface area contributed by atoms with Gasteiger partial charge in [0, 0.05) is 12.1 Å². The molecule has 5 nitrogen and oxygen atoms in total. The Hall–Kier alpha value is -3.09. The molecule has 6 heteroatoms. The third kappa shape index (κ3) is 6.87. The molecule has 3 aromatic carbocycles. The number of ether oxygens (including phenoxy) is 3. The highest BCUT2D eigenvalue weighted by Gasteiger charge is 2.33. The van der Waals surface area contributed by atoms with E-state index in [2.05, 4.69) is 36.1 Å². The van der Waals surface area contributed by atoms with Crippen LogP contribution in [0.3, 0.4) is 0 Å². The summed E-state index contributed by atoms with van der Waals surface area (Å²) in [6, 6.07) is 18.0. The van der Waals surface area contributed by atoms with Crippen LogP contribution in [0.1, 0.15) is 72.8 Å².